The fourth-order valence-corrected chi connectivity index (χ4v) is 5.75. The van der Waals surface area contributed by atoms with E-state index in [9.17, 15) is 12.8 Å². The van der Waals surface area contributed by atoms with Gasteiger partial charge in [-0.05, 0) is 54.7 Å². The maximum atomic E-state index is 14.8. The SMILES string of the molecule is O=S(=O)(NC(c1nnc(-c2ccccc2)o1)c1ccccc1F)c1ccc(C2CCCCC2)cc1. The molecule has 5 rings (SSSR count). The van der Waals surface area contributed by atoms with Gasteiger partial charge < -0.3 is 4.42 Å². The standard InChI is InChI=1S/C27H26FN3O3S/c28-24-14-8-7-13-23(24)25(27-30-29-26(34-27)21-11-5-2-6-12-21)31-35(32,33)22-17-15-20(16-18-22)19-9-3-1-4-10-19/h2,5-8,11-19,25,31H,1,3-4,9-10H2. The van der Waals surface area contributed by atoms with Crippen LogP contribution >= 0.6 is 0 Å². The molecule has 0 aliphatic heterocycles. The van der Waals surface area contributed by atoms with Crippen molar-refractivity contribution in [1.29, 1.82) is 0 Å². The Morgan fingerprint density at radius 1 is 0.857 bits per heavy atom. The van der Waals surface area contributed by atoms with Gasteiger partial charge in [0.15, 0.2) is 0 Å². The van der Waals surface area contributed by atoms with Crippen molar-refractivity contribution in [2.45, 2.75) is 49.0 Å². The predicted molar refractivity (Wildman–Crippen MR) is 131 cm³/mol. The number of benzene rings is 3. The molecule has 0 spiro atoms. The first-order valence-electron chi connectivity index (χ1n) is 11.8. The number of nitrogens with zero attached hydrogens (tertiary/aromatic N) is 2. The molecule has 1 heterocycles. The number of hydrogen-bond donors (Lipinski definition) is 1. The first-order valence-corrected chi connectivity index (χ1v) is 13.2. The van der Waals surface area contributed by atoms with E-state index in [-0.39, 0.29) is 22.2 Å². The maximum absolute atomic E-state index is 14.8. The summed E-state index contributed by atoms with van der Waals surface area (Å²) in [5, 5.41) is 8.11. The minimum atomic E-state index is -4.02. The van der Waals surface area contributed by atoms with E-state index in [0.29, 0.717) is 11.5 Å². The van der Waals surface area contributed by atoms with Crippen LogP contribution in [0.5, 0.6) is 0 Å². The minimum absolute atomic E-state index is 0.0450. The molecule has 1 saturated carbocycles. The van der Waals surface area contributed by atoms with Crippen LogP contribution in [0.3, 0.4) is 0 Å². The van der Waals surface area contributed by atoms with Crippen molar-refractivity contribution < 1.29 is 17.2 Å². The fourth-order valence-electron chi connectivity index (χ4n) is 4.58. The van der Waals surface area contributed by atoms with E-state index in [0.717, 1.165) is 18.4 Å². The van der Waals surface area contributed by atoms with E-state index < -0.39 is 21.9 Å². The second-order valence-electron chi connectivity index (χ2n) is 8.79. The molecule has 6 nitrogen and oxygen atoms in total. The number of halogens is 1. The van der Waals surface area contributed by atoms with E-state index >= 15 is 0 Å². The molecule has 1 unspecified atom stereocenters. The molecule has 8 heteroatoms. The van der Waals surface area contributed by atoms with E-state index in [1.54, 1.807) is 30.3 Å². The van der Waals surface area contributed by atoms with Crippen molar-refractivity contribution in [3.8, 4) is 11.5 Å². The Bertz CT molecular complexity index is 1380. The number of hydrogen-bond acceptors (Lipinski definition) is 5. The molecule has 180 valence electrons. The molecule has 0 saturated heterocycles. The summed E-state index contributed by atoms with van der Waals surface area (Å²) >= 11 is 0. The van der Waals surface area contributed by atoms with Gasteiger partial charge in [-0.1, -0.05) is 67.8 Å². The molecule has 1 aliphatic carbocycles. The fraction of sp³-hybridized carbons (Fsp3) is 0.259. The smallest absolute Gasteiger partial charge is 0.247 e. The summed E-state index contributed by atoms with van der Waals surface area (Å²) in [6.45, 7) is 0. The van der Waals surface area contributed by atoms with Crippen LogP contribution in [0.4, 0.5) is 4.39 Å². The van der Waals surface area contributed by atoms with E-state index in [1.807, 2.05) is 30.3 Å². The Labute approximate surface area is 204 Å². The third kappa shape index (κ3) is 5.18. The van der Waals surface area contributed by atoms with E-state index in [2.05, 4.69) is 14.9 Å². The molecule has 35 heavy (non-hydrogen) atoms. The Balaban J connectivity index is 1.46. The highest BCUT2D eigenvalue weighted by Crippen LogP contribution is 2.33. The lowest BCUT2D eigenvalue weighted by atomic mass is 9.84. The van der Waals surface area contributed by atoms with Gasteiger partial charge in [0.05, 0.1) is 4.90 Å². The van der Waals surface area contributed by atoms with Crippen LogP contribution in [0.25, 0.3) is 11.5 Å². The normalized spacial score (nSPS) is 15.7. The van der Waals surface area contributed by atoms with E-state index in [4.69, 9.17) is 4.42 Å². The second kappa shape index (κ2) is 10.1. The summed E-state index contributed by atoms with van der Waals surface area (Å²) < 4.78 is 49.8. The quantitative estimate of drug-likeness (QED) is 0.343. The summed E-state index contributed by atoms with van der Waals surface area (Å²) in [6, 6.07) is 20.8. The van der Waals surface area contributed by atoms with Gasteiger partial charge in [0.25, 0.3) is 0 Å². The largest absolute Gasteiger partial charge is 0.419 e. The monoisotopic (exact) mass is 491 g/mol. The summed E-state index contributed by atoms with van der Waals surface area (Å²) in [6.07, 6.45) is 5.91. The Hall–Kier alpha value is -3.36. The molecule has 1 fully saturated rings. The van der Waals surface area contributed by atoms with Crippen LogP contribution in [-0.2, 0) is 10.0 Å². The first-order chi connectivity index (χ1) is 17.0. The van der Waals surface area contributed by atoms with Crippen molar-refractivity contribution >= 4 is 10.0 Å². The van der Waals surface area contributed by atoms with Gasteiger partial charge in [0.2, 0.25) is 21.8 Å². The predicted octanol–water partition coefficient (Wildman–Crippen LogP) is 5.99. The summed E-state index contributed by atoms with van der Waals surface area (Å²) in [5.74, 6) is 0.0658. The molecule has 0 bridgehead atoms. The van der Waals surface area contributed by atoms with Crippen LogP contribution in [0, 0.1) is 5.82 Å². The molecule has 1 aromatic heterocycles. The average Bonchev–Trinajstić information content (AvgIpc) is 3.39. The van der Waals surface area contributed by atoms with Crippen molar-refractivity contribution in [1.82, 2.24) is 14.9 Å². The lowest BCUT2D eigenvalue weighted by molar-refractivity contribution is 0.443. The van der Waals surface area contributed by atoms with Crippen molar-refractivity contribution in [3.63, 3.8) is 0 Å². The Kier molecular flexibility index (Phi) is 6.74. The second-order valence-corrected chi connectivity index (χ2v) is 10.5. The summed E-state index contributed by atoms with van der Waals surface area (Å²) in [4.78, 5) is 0.0983. The summed E-state index contributed by atoms with van der Waals surface area (Å²) in [7, 11) is -4.02. The molecule has 1 atom stereocenters. The molecular weight excluding hydrogens is 465 g/mol. The van der Waals surface area contributed by atoms with Crippen LogP contribution in [-0.4, -0.2) is 18.6 Å². The number of sulfonamides is 1. The number of aromatic nitrogens is 2. The summed E-state index contributed by atoms with van der Waals surface area (Å²) in [5.41, 5.74) is 1.93. The zero-order chi connectivity index (χ0) is 24.3. The van der Waals surface area contributed by atoms with Crippen molar-refractivity contribution in [2.24, 2.45) is 0 Å². The lowest BCUT2D eigenvalue weighted by Crippen LogP contribution is -2.30. The highest BCUT2D eigenvalue weighted by molar-refractivity contribution is 7.89. The van der Waals surface area contributed by atoms with Gasteiger partial charge in [-0.2, -0.15) is 4.72 Å². The minimum Gasteiger partial charge on any atom is -0.419 e. The molecule has 4 aromatic rings. The first kappa shape index (κ1) is 23.4. The highest BCUT2D eigenvalue weighted by atomic mass is 32.2. The van der Waals surface area contributed by atoms with Gasteiger partial charge in [-0.15, -0.1) is 10.2 Å². The molecule has 3 aromatic carbocycles. The van der Waals surface area contributed by atoms with Crippen LogP contribution in [0.1, 0.15) is 61.1 Å². The van der Waals surface area contributed by atoms with Gasteiger partial charge in [0, 0.05) is 11.1 Å². The topological polar surface area (TPSA) is 85.1 Å². The Morgan fingerprint density at radius 2 is 1.54 bits per heavy atom. The molecular formula is C27H26FN3O3S. The van der Waals surface area contributed by atoms with Gasteiger partial charge in [-0.3, -0.25) is 0 Å². The number of nitrogens with one attached hydrogen (secondary N) is 1. The third-order valence-corrected chi connectivity index (χ3v) is 7.90. The van der Waals surface area contributed by atoms with Gasteiger partial charge >= 0.3 is 0 Å². The maximum Gasteiger partial charge on any atom is 0.247 e. The Morgan fingerprint density at radius 3 is 2.26 bits per heavy atom. The average molecular weight is 492 g/mol. The zero-order valence-electron chi connectivity index (χ0n) is 19.1. The van der Waals surface area contributed by atoms with Crippen LogP contribution < -0.4 is 4.72 Å². The van der Waals surface area contributed by atoms with Crippen LogP contribution in [0.2, 0.25) is 0 Å². The lowest BCUT2D eigenvalue weighted by Gasteiger charge is -2.22. The molecule has 0 radical (unpaired) electrons. The number of rotatable bonds is 7. The molecule has 1 N–H and O–H groups in total. The van der Waals surface area contributed by atoms with Crippen molar-refractivity contribution in [2.75, 3.05) is 0 Å². The zero-order valence-corrected chi connectivity index (χ0v) is 19.9. The van der Waals surface area contributed by atoms with E-state index in [1.165, 1.54) is 37.5 Å². The van der Waals surface area contributed by atoms with Gasteiger partial charge in [0.1, 0.15) is 11.9 Å². The molecule has 0 amide bonds. The van der Waals surface area contributed by atoms with Gasteiger partial charge in [-0.25, -0.2) is 12.8 Å². The van der Waals surface area contributed by atoms with Crippen molar-refractivity contribution in [3.05, 3.63) is 102 Å². The third-order valence-electron chi connectivity index (χ3n) is 6.46. The molecule has 1 aliphatic rings. The highest BCUT2D eigenvalue weighted by Gasteiger charge is 2.30. The van der Waals surface area contributed by atoms with Crippen LogP contribution in [0.15, 0.2) is 88.2 Å².